The molecule has 23 heavy (non-hydrogen) atoms. The molecule has 0 fully saturated rings. The summed E-state index contributed by atoms with van der Waals surface area (Å²) < 4.78 is 65.5. The lowest BCUT2D eigenvalue weighted by molar-refractivity contribution is -0.249. The van der Waals surface area contributed by atoms with Gasteiger partial charge in [0, 0.05) is 12.5 Å². The summed E-state index contributed by atoms with van der Waals surface area (Å²) in [4.78, 5) is 23.1. The number of benzene rings is 1. The Balaban J connectivity index is 3.06. The van der Waals surface area contributed by atoms with Gasteiger partial charge in [-0.15, -0.1) is 0 Å². The van der Waals surface area contributed by atoms with E-state index in [1.54, 1.807) is 0 Å². The Bertz CT molecular complexity index is 594. The molecule has 1 aromatic carbocycles. The molecule has 0 saturated carbocycles. The maximum atomic E-state index is 13.4. The molecule has 1 unspecified atom stereocenters. The van der Waals surface area contributed by atoms with E-state index in [-0.39, 0.29) is 25.1 Å². The van der Waals surface area contributed by atoms with E-state index in [1.807, 2.05) is 5.32 Å². The van der Waals surface area contributed by atoms with Crippen LogP contribution in [0, 0.1) is 0 Å². The molecular formula is C14H15F5N2O2. The number of carbonyl (C=O) groups excluding carboxylic acids is 2. The maximum absolute atomic E-state index is 13.4. The van der Waals surface area contributed by atoms with Crippen molar-refractivity contribution in [2.45, 2.75) is 38.4 Å². The molecule has 0 radical (unpaired) electrons. The minimum atomic E-state index is -5.39. The predicted octanol–water partition coefficient (Wildman–Crippen LogP) is 3.99. The van der Waals surface area contributed by atoms with Crippen LogP contribution in [0.25, 0.3) is 0 Å². The van der Waals surface area contributed by atoms with Crippen LogP contribution in [0.3, 0.4) is 0 Å². The topological polar surface area (TPSA) is 58.2 Å². The van der Waals surface area contributed by atoms with Crippen LogP contribution in [0.4, 0.5) is 32.4 Å². The van der Waals surface area contributed by atoms with Crippen LogP contribution >= 0.6 is 0 Å². The first kappa shape index (κ1) is 18.9. The zero-order valence-corrected chi connectivity index (χ0v) is 12.5. The number of alkyl halides is 5. The van der Waals surface area contributed by atoms with Crippen LogP contribution in [0.2, 0.25) is 0 Å². The van der Waals surface area contributed by atoms with Gasteiger partial charge in [-0.2, -0.15) is 13.2 Å². The maximum Gasteiger partial charge on any atom is 0.417 e. The van der Waals surface area contributed by atoms with Crippen molar-refractivity contribution in [3.63, 3.8) is 0 Å². The van der Waals surface area contributed by atoms with E-state index in [1.165, 1.54) is 36.5 Å². The number of hydrogen-bond acceptors (Lipinski definition) is 2. The number of carbonyl (C=O) groups is 2. The summed E-state index contributed by atoms with van der Waals surface area (Å²) in [6.07, 6.45) is -5.39. The van der Waals surface area contributed by atoms with Crippen molar-refractivity contribution in [2.75, 3.05) is 5.32 Å². The number of nitrogens with one attached hydrogen (secondary N) is 2. The molecule has 1 atom stereocenters. The molecule has 0 aliphatic heterocycles. The highest BCUT2D eigenvalue weighted by atomic mass is 19.4. The summed E-state index contributed by atoms with van der Waals surface area (Å²) in [5.41, 5.74) is -3.81. The molecule has 0 heterocycles. The molecule has 0 saturated heterocycles. The number of Topliss-reactive ketones (excluding diaryl/α,β-unsaturated/α-hetero) is 1. The van der Waals surface area contributed by atoms with Crippen molar-refractivity contribution >= 4 is 17.5 Å². The third kappa shape index (κ3) is 3.96. The van der Waals surface area contributed by atoms with Gasteiger partial charge in [0.15, 0.2) is 11.3 Å². The molecule has 1 rings (SSSR count). The fourth-order valence-electron chi connectivity index (χ4n) is 1.71. The Morgan fingerprint density at radius 1 is 1.00 bits per heavy atom. The Hall–Kier alpha value is -2.19. The largest absolute Gasteiger partial charge is 0.417 e. The number of urea groups is 1. The number of ketones is 1. The molecule has 9 heteroatoms. The molecular weight excluding hydrogens is 323 g/mol. The summed E-state index contributed by atoms with van der Waals surface area (Å²) in [5.74, 6) is -4.71. The summed E-state index contributed by atoms with van der Waals surface area (Å²) in [5, 5.41) is 3.24. The second-order valence-corrected chi connectivity index (χ2v) is 5.19. The summed E-state index contributed by atoms with van der Waals surface area (Å²) in [7, 11) is 0. The van der Waals surface area contributed by atoms with Gasteiger partial charge < -0.3 is 10.6 Å². The Morgan fingerprint density at radius 3 is 1.96 bits per heavy atom. The van der Waals surface area contributed by atoms with Gasteiger partial charge in [-0.1, -0.05) is 12.1 Å². The summed E-state index contributed by atoms with van der Waals surface area (Å²) in [6.45, 7) is 1.44. The Labute approximate surface area is 129 Å². The number of anilines is 1. The molecule has 0 bridgehead atoms. The first-order chi connectivity index (χ1) is 10.3. The van der Waals surface area contributed by atoms with E-state index in [4.69, 9.17) is 0 Å². The standard InChI is InChI=1S/C14H15F5N2O2/c1-8(22)9-6-4-5-7-10(9)20-11(23)21-12(2,13(3,15)16)14(17,18)19/h4-7H,1-3H3,(H2,20,21,23). The molecule has 1 aromatic rings. The molecule has 4 nitrogen and oxygen atoms in total. The second kappa shape index (κ2) is 6.13. The van der Waals surface area contributed by atoms with Crippen molar-refractivity contribution in [1.29, 1.82) is 0 Å². The predicted molar refractivity (Wildman–Crippen MR) is 73.7 cm³/mol. The van der Waals surface area contributed by atoms with E-state index >= 15 is 0 Å². The zero-order valence-electron chi connectivity index (χ0n) is 12.5. The van der Waals surface area contributed by atoms with Crippen LogP contribution in [0.1, 0.15) is 31.1 Å². The first-order valence-corrected chi connectivity index (χ1v) is 6.43. The number of para-hydroxylation sites is 1. The molecule has 0 aromatic heterocycles. The van der Waals surface area contributed by atoms with Gasteiger partial charge in [-0.05, 0) is 26.0 Å². The van der Waals surface area contributed by atoms with E-state index in [2.05, 4.69) is 0 Å². The highest BCUT2D eigenvalue weighted by Gasteiger charge is 2.65. The minimum Gasteiger partial charge on any atom is -0.319 e. The highest BCUT2D eigenvalue weighted by Crippen LogP contribution is 2.41. The lowest BCUT2D eigenvalue weighted by Gasteiger charge is -2.37. The summed E-state index contributed by atoms with van der Waals surface area (Å²) in [6, 6.07) is 4.03. The average Bonchev–Trinajstić information content (AvgIpc) is 2.36. The third-order valence-corrected chi connectivity index (χ3v) is 3.36. The van der Waals surface area contributed by atoms with Gasteiger partial charge in [-0.3, -0.25) is 4.79 Å². The van der Waals surface area contributed by atoms with Gasteiger partial charge in [0.25, 0.3) is 5.92 Å². The fourth-order valence-corrected chi connectivity index (χ4v) is 1.71. The lowest BCUT2D eigenvalue weighted by atomic mass is 9.94. The van der Waals surface area contributed by atoms with Crippen LogP contribution in [-0.4, -0.2) is 29.5 Å². The molecule has 0 aliphatic carbocycles. The van der Waals surface area contributed by atoms with Crippen molar-refractivity contribution in [1.82, 2.24) is 5.32 Å². The van der Waals surface area contributed by atoms with Gasteiger partial charge in [0.2, 0.25) is 0 Å². The van der Waals surface area contributed by atoms with Crippen LogP contribution in [0.5, 0.6) is 0 Å². The SMILES string of the molecule is CC(=O)c1ccccc1NC(=O)NC(C)(C(C)(F)F)C(F)(F)F. The minimum absolute atomic E-state index is 0.0413. The number of rotatable bonds is 4. The van der Waals surface area contributed by atoms with E-state index < -0.39 is 29.5 Å². The molecule has 128 valence electrons. The van der Waals surface area contributed by atoms with Crippen LogP contribution in [-0.2, 0) is 0 Å². The number of amides is 2. The third-order valence-electron chi connectivity index (χ3n) is 3.36. The van der Waals surface area contributed by atoms with Crippen LogP contribution < -0.4 is 10.6 Å². The van der Waals surface area contributed by atoms with Crippen LogP contribution in [0.15, 0.2) is 24.3 Å². The van der Waals surface area contributed by atoms with Gasteiger partial charge in [0.1, 0.15) is 0 Å². The summed E-state index contributed by atoms with van der Waals surface area (Å²) >= 11 is 0. The normalized spacial score (nSPS) is 14.8. The smallest absolute Gasteiger partial charge is 0.319 e. The van der Waals surface area contributed by atoms with Gasteiger partial charge >= 0.3 is 12.2 Å². The van der Waals surface area contributed by atoms with Crippen molar-refractivity contribution in [3.8, 4) is 0 Å². The molecule has 2 N–H and O–H groups in total. The molecule has 2 amide bonds. The Kier molecular flexibility index (Phi) is 5.03. The molecule has 0 aliphatic rings. The molecule has 0 spiro atoms. The average molecular weight is 338 g/mol. The highest BCUT2D eigenvalue weighted by molar-refractivity contribution is 6.03. The van der Waals surface area contributed by atoms with Crippen molar-refractivity contribution in [3.05, 3.63) is 29.8 Å². The Morgan fingerprint density at radius 2 is 1.52 bits per heavy atom. The fraction of sp³-hybridized carbons (Fsp3) is 0.429. The van der Waals surface area contributed by atoms with E-state index in [0.717, 1.165) is 0 Å². The number of halogens is 5. The van der Waals surface area contributed by atoms with E-state index in [9.17, 15) is 31.5 Å². The van der Waals surface area contributed by atoms with Gasteiger partial charge in [-0.25, -0.2) is 13.6 Å². The van der Waals surface area contributed by atoms with Crippen molar-refractivity contribution < 1.29 is 31.5 Å². The first-order valence-electron chi connectivity index (χ1n) is 6.43. The van der Waals surface area contributed by atoms with E-state index in [0.29, 0.717) is 0 Å². The monoisotopic (exact) mass is 338 g/mol. The second-order valence-electron chi connectivity index (χ2n) is 5.19. The number of hydrogen-bond donors (Lipinski definition) is 2. The van der Waals surface area contributed by atoms with Crippen molar-refractivity contribution in [2.24, 2.45) is 0 Å². The quantitative estimate of drug-likeness (QED) is 0.644. The van der Waals surface area contributed by atoms with Gasteiger partial charge in [0.05, 0.1) is 5.69 Å². The lowest BCUT2D eigenvalue weighted by Crippen LogP contribution is -2.66. The zero-order chi connectivity index (χ0) is 18.1.